The molecule has 1 heterocycles. The van der Waals surface area contributed by atoms with Crippen molar-refractivity contribution in [3.05, 3.63) is 10.8 Å². The van der Waals surface area contributed by atoms with Gasteiger partial charge in [0.2, 0.25) is 0 Å². The van der Waals surface area contributed by atoms with Crippen LogP contribution >= 0.6 is 15.9 Å². The molecule has 10 heavy (non-hydrogen) atoms. The van der Waals surface area contributed by atoms with Gasteiger partial charge in [0.05, 0.1) is 6.20 Å². The Morgan fingerprint density at radius 2 is 2.10 bits per heavy atom. The SMILES string of the molecule is OC(O)(O)n1ncc(Br)n1. The van der Waals surface area contributed by atoms with E-state index in [4.69, 9.17) is 15.3 Å². The maximum Gasteiger partial charge on any atom is 0.405 e. The molecule has 0 atom stereocenters. The van der Waals surface area contributed by atoms with Crippen molar-refractivity contribution >= 4 is 15.9 Å². The van der Waals surface area contributed by atoms with Crippen LogP contribution in [0.3, 0.4) is 0 Å². The molecule has 0 amide bonds. The van der Waals surface area contributed by atoms with Crippen LogP contribution in [0.15, 0.2) is 10.8 Å². The van der Waals surface area contributed by atoms with E-state index in [2.05, 4.69) is 26.1 Å². The van der Waals surface area contributed by atoms with Gasteiger partial charge in [-0.3, -0.25) is 0 Å². The van der Waals surface area contributed by atoms with Gasteiger partial charge < -0.3 is 15.3 Å². The lowest BCUT2D eigenvalue weighted by atomic mass is 11.0. The molecule has 7 heteroatoms. The summed E-state index contributed by atoms with van der Waals surface area (Å²) in [6.07, 6.45) is -1.82. The number of hydrogen-bond acceptors (Lipinski definition) is 5. The minimum absolute atomic E-state index is 0.300. The number of hydrogen-bond donors (Lipinski definition) is 3. The zero-order chi connectivity index (χ0) is 7.78. The van der Waals surface area contributed by atoms with Crippen LogP contribution in [-0.2, 0) is 6.10 Å². The monoisotopic (exact) mass is 209 g/mol. The summed E-state index contributed by atoms with van der Waals surface area (Å²) >= 11 is 2.90. The van der Waals surface area contributed by atoms with E-state index in [0.29, 0.717) is 9.40 Å². The smallest absolute Gasteiger partial charge is 0.323 e. The van der Waals surface area contributed by atoms with Gasteiger partial charge in [-0.05, 0) is 15.9 Å². The molecule has 1 rings (SSSR count). The van der Waals surface area contributed by atoms with Gasteiger partial charge in [0.1, 0.15) is 4.60 Å². The molecular weight excluding hydrogens is 206 g/mol. The summed E-state index contributed by atoms with van der Waals surface area (Å²) in [4.78, 5) is 0.344. The Bertz CT molecular complexity index is 229. The minimum atomic E-state index is -3.02. The Hall–Kier alpha value is -0.500. The molecule has 0 unspecified atom stereocenters. The van der Waals surface area contributed by atoms with Crippen molar-refractivity contribution in [2.24, 2.45) is 0 Å². The fourth-order valence-corrected chi connectivity index (χ4v) is 0.631. The Morgan fingerprint density at radius 3 is 2.30 bits per heavy atom. The summed E-state index contributed by atoms with van der Waals surface area (Å²) in [7, 11) is 0. The van der Waals surface area contributed by atoms with Crippen LogP contribution in [0, 0.1) is 0 Å². The first kappa shape index (κ1) is 7.61. The van der Waals surface area contributed by atoms with E-state index in [1.165, 1.54) is 6.20 Å². The van der Waals surface area contributed by atoms with Crippen LogP contribution in [0.5, 0.6) is 0 Å². The van der Waals surface area contributed by atoms with Gasteiger partial charge in [0.25, 0.3) is 0 Å². The molecular formula is C3H4BrN3O3. The molecule has 0 fully saturated rings. The third-order valence-corrected chi connectivity index (χ3v) is 1.10. The molecule has 0 bridgehead atoms. The summed E-state index contributed by atoms with van der Waals surface area (Å²) in [5.74, 6) is 0. The maximum atomic E-state index is 8.43. The highest BCUT2D eigenvalue weighted by Crippen LogP contribution is 2.05. The zero-order valence-electron chi connectivity index (χ0n) is 4.64. The van der Waals surface area contributed by atoms with Crippen LogP contribution in [0.25, 0.3) is 0 Å². The molecule has 56 valence electrons. The van der Waals surface area contributed by atoms with Gasteiger partial charge in [-0.2, -0.15) is 5.10 Å². The predicted octanol–water partition coefficient (Wildman–Crippen LogP) is -1.41. The first-order valence-corrected chi connectivity index (χ1v) is 3.05. The van der Waals surface area contributed by atoms with Crippen molar-refractivity contribution in [1.29, 1.82) is 0 Å². The molecule has 3 N–H and O–H groups in total. The molecule has 1 aromatic heterocycles. The third kappa shape index (κ3) is 1.51. The second-order valence-electron chi connectivity index (χ2n) is 1.56. The van der Waals surface area contributed by atoms with Gasteiger partial charge in [0, 0.05) is 0 Å². The van der Waals surface area contributed by atoms with Gasteiger partial charge in [0.15, 0.2) is 0 Å². The molecule has 0 spiro atoms. The van der Waals surface area contributed by atoms with Gasteiger partial charge in [-0.25, -0.2) is 0 Å². The second-order valence-corrected chi connectivity index (χ2v) is 2.37. The summed E-state index contributed by atoms with van der Waals surface area (Å²) in [5.41, 5.74) is 0. The highest BCUT2D eigenvalue weighted by Gasteiger charge is 2.23. The molecule has 1 aromatic rings. The molecule has 0 radical (unpaired) electrons. The molecule has 0 aliphatic rings. The zero-order valence-corrected chi connectivity index (χ0v) is 6.22. The lowest BCUT2D eigenvalue weighted by Crippen LogP contribution is -2.34. The summed E-state index contributed by atoms with van der Waals surface area (Å²) in [6, 6.07) is 0. The normalized spacial score (nSPS) is 12.0. The van der Waals surface area contributed by atoms with E-state index in [0.717, 1.165) is 0 Å². The summed E-state index contributed by atoms with van der Waals surface area (Å²) < 4.78 is 0.300. The van der Waals surface area contributed by atoms with Crippen molar-refractivity contribution in [3.63, 3.8) is 0 Å². The standard InChI is InChI=1S/C3H4BrN3O3/c4-2-1-5-7(6-2)3(8,9)10/h1,8-10H. The van der Waals surface area contributed by atoms with Gasteiger partial charge in [-0.15, -0.1) is 5.10 Å². The molecule has 6 nitrogen and oxygen atoms in total. The first-order valence-electron chi connectivity index (χ1n) is 2.25. The Balaban J connectivity index is 2.96. The van der Waals surface area contributed by atoms with E-state index in [-0.39, 0.29) is 0 Å². The molecule has 0 saturated carbocycles. The van der Waals surface area contributed by atoms with E-state index >= 15 is 0 Å². The summed E-state index contributed by atoms with van der Waals surface area (Å²) in [6.45, 7) is 0. The Kier molecular flexibility index (Phi) is 1.73. The van der Waals surface area contributed by atoms with Crippen LogP contribution in [-0.4, -0.2) is 30.3 Å². The summed E-state index contributed by atoms with van der Waals surface area (Å²) in [5, 5.41) is 31.9. The van der Waals surface area contributed by atoms with Crippen molar-refractivity contribution in [1.82, 2.24) is 15.0 Å². The van der Waals surface area contributed by atoms with Crippen LogP contribution in [0.4, 0.5) is 0 Å². The van der Waals surface area contributed by atoms with Crippen LogP contribution < -0.4 is 0 Å². The fourth-order valence-electron chi connectivity index (χ4n) is 0.389. The molecule has 0 aromatic carbocycles. The largest absolute Gasteiger partial charge is 0.405 e. The quantitative estimate of drug-likeness (QED) is 0.495. The van der Waals surface area contributed by atoms with E-state index in [1.54, 1.807) is 0 Å². The highest BCUT2D eigenvalue weighted by molar-refractivity contribution is 9.10. The molecule has 0 aliphatic heterocycles. The van der Waals surface area contributed by atoms with Crippen LogP contribution in [0.2, 0.25) is 0 Å². The average molecular weight is 210 g/mol. The lowest BCUT2D eigenvalue weighted by molar-refractivity contribution is -0.387. The Labute approximate surface area is 63.8 Å². The average Bonchev–Trinajstić information content (AvgIpc) is 2.11. The lowest BCUT2D eigenvalue weighted by Gasteiger charge is -2.10. The van der Waals surface area contributed by atoms with Crippen molar-refractivity contribution in [3.8, 4) is 0 Å². The van der Waals surface area contributed by atoms with Crippen molar-refractivity contribution < 1.29 is 15.3 Å². The van der Waals surface area contributed by atoms with Gasteiger partial charge in [-0.1, -0.05) is 4.80 Å². The van der Waals surface area contributed by atoms with Crippen molar-refractivity contribution in [2.45, 2.75) is 6.10 Å². The topological polar surface area (TPSA) is 91.4 Å². The number of aromatic nitrogens is 3. The first-order chi connectivity index (χ1) is 4.50. The van der Waals surface area contributed by atoms with E-state index in [1.807, 2.05) is 0 Å². The van der Waals surface area contributed by atoms with Crippen molar-refractivity contribution in [2.75, 3.05) is 0 Å². The maximum absolute atomic E-state index is 8.43. The number of nitrogens with zero attached hydrogens (tertiary/aromatic N) is 3. The molecule has 0 saturated heterocycles. The predicted molar refractivity (Wildman–Crippen MR) is 32.4 cm³/mol. The number of rotatable bonds is 1. The number of halogens is 1. The van der Waals surface area contributed by atoms with E-state index in [9.17, 15) is 0 Å². The van der Waals surface area contributed by atoms with Gasteiger partial charge >= 0.3 is 6.10 Å². The third-order valence-electron chi connectivity index (χ3n) is 0.732. The fraction of sp³-hybridized carbons (Fsp3) is 0.333. The minimum Gasteiger partial charge on any atom is -0.323 e. The number of aliphatic hydroxyl groups is 3. The molecule has 0 aliphatic carbocycles. The van der Waals surface area contributed by atoms with Crippen LogP contribution in [0.1, 0.15) is 0 Å². The van der Waals surface area contributed by atoms with E-state index < -0.39 is 6.10 Å². The Morgan fingerprint density at radius 1 is 1.50 bits per heavy atom. The second kappa shape index (κ2) is 2.27. The highest BCUT2D eigenvalue weighted by atomic mass is 79.9.